The molecule has 1 aliphatic heterocycles. The summed E-state index contributed by atoms with van der Waals surface area (Å²) in [4.78, 5) is 29.3. The number of hydrogen-bond acceptors (Lipinski definition) is 7. The number of nitriles is 1. The lowest BCUT2D eigenvalue weighted by Gasteiger charge is -2.56. The fourth-order valence-electron chi connectivity index (χ4n) is 4.33. The van der Waals surface area contributed by atoms with E-state index in [-0.39, 0.29) is 11.2 Å². The van der Waals surface area contributed by atoms with Gasteiger partial charge in [0.25, 0.3) is 6.43 Å². The number of anilines is 1. The van der Waals surface area contributed by atoms with E-state index < -0.39 is 42.0 Å². The first kappa shape index (κ1) is 26.0. The number of fused-ring (bicyclic) bond motifs is 1. The van der Waals surface area contributed by atoms with Gasteiger partial charge in [-0.25, -0.2) is 8.78 Å². The third-order valence-electron chi connectivity index (χ3n) is 6.04. The Balaban J connectivity index is 1.63. The summed E-state index contributed by atoms with van der Waals surface area (Å²) in [5.41, 5.74) is 0.815. The van der Waals surface area contributed by atoms with E-state index in [4.69, 9.17) is 4.74 Å². The third-order valence-corrected chi connectivity index (χ3v) is 7.62. The summed E-state index contributed by atoms with van der Waals surface area (Å²) in [7, 11) is 3.95. The Morgan fingerprint density at radius 3 is 2.79 bits per heavy atom. The van der Waals surface area contributed by atoms with Gasteiger partial charge in [0.1, 0.15) is 17.6 Å². The van der Waals surface area contributed by atoms with Crippen molar-refractivity contribution in [2.75, 3.05) is 52.2 Å². The topological polar surface area (TPSA) is 97.7 Å². The van der Waals surface area contributed by atoms with Crippen molar-refractivity contribution >= 4 is 29.3 Å². The van der Waals surface area contributed by atoms with Crippen LogP contribution in [-0.4, -0.2) is 91.5 Å². The molecule has 0 aromatic heterocycles. The number of carbonyl (C=O) groups is 2. The van der Waals surface area contributed by atoms with E-state index >= 15 is 0 Å². The molecule has 1 saturated carbocycles. The average molecular weight is 496 g/mol. The summed E-state index contributed by atoms with van der Waals surface area (Å²) < 4.78 is 30.8. The van der Waals surface area contributed by atoms with Crippen LogP contribution in [-0.2, 0) is 9.59 Å². The molecule has 11 heteroatoms. The normalized spacial score (nSPS) is 26.0. The van der Waals surface area contributed by atoms with Gasteiger partial charge in [0.15, 0.2) is 0 Å². The van der Waals surface area contributed by atoms with E-state index in [1.165, 1.54) is 11.8 Å². The Hall–Kier alpha value is -2.58. The Kier molecular flexibility index (Phi) is 8.97. The molecule has 2 aliphatic rings. The van der Waals surface area contributed by atoms with E-state index in [9.17, 15) is 23.6 Å². The first-order valence-electron chi connectivity index (χ1n) is 11.3. The molecule has 0 radical (unpaired) electrons. The van der Waals surface area contributed by atoms with Crippen LogP contribution in [0.2, 0.25) is 0 Å². The molecule has 0 bridgehead atoms. The lowest BCUT2D eigenvalue weighted by Crippen LogP contribution is -2.71. The highest BCUT2D eigenvalue weighted by Gasteiger charge is 2.61. The summed E-state index contributed by atoms with van der Waals surface area (Å²) in [5, 5.41) is 14.5. The second-order valence-electron chi connectivity index (χ2n) is 8.58. The highest BCUT2D eigenvalue weighted by atomic mass is 32.2. The minimum Gasteiger partial charge on any atom is -0.492 e. The number of halogens is 2. The molecule has 8 nitrogen and oxygen atoms in total. The van der Waals surface area contributed by atoms with Crippen molar-refractivity contribution < 1.29 is 23.1 Å². The maximum atomic E-state index is 13.2. The fraction of sp³-hybridized carbons (Fsp3) is 0.609. The van der Waals surface area contributed by atoms with Gasteiger partial charge in [-0.3, -0.25) is 9.59 Å². The average Bonchev–Trinajstić information content (AvgIpc) is 2.79. The van der Waals surface area contributed by atoms with E-state index in [0.717, 1.165) is 18.0 Å². The fourth-order valence-corrected chi connectivity index (χ4v) is 6.01. The molecule has 2 fully saturated rings. The lowest BCUT2D eigenvalue weighted by molar-refractivity contribution is -0.145. The molecule has 1 aromatic carbocycles. The zero-order chi connectivity index (χ0) is 24.8. The second-order valence-corrected chi connectivity index (χ2v) is 9.97. The second kappa shape index (κ2) is 11.7. The Morgan fingerprint density at radius 2 is 2.15 bits per heavy atom. The minimum atomic E-state index is -2.67. The third kappa shape index (κ3) is 5.91. The van der Waals surface area contributed by atoms with Crippen LogP contribution in [0.3, 0.4) is 0 Å². The molecule has 1 heterocycles. The van der Waals surface area contributed by atoms with E-state index in [0.29, 0.717) is 19.7 Å². The number of amides is 2. The first-order valence-corrected chi connectivity index (χ1v) is 12.2. The molecule has 1 saturated heterocycles. The minimum absolute atomic E-state index is 0.123. The van der Waals surface area contributed by atoms with Crippen molar-refractivity contribution in [3.63, 3.8) is 0 Å². The number of thioether (sulfide) groups is 1. The summed E-state index contributed by atoms with van der Waals surface area (Å²) in [5.74, 6) is -1.42. The van der Waals surface area contributed by atoms with Crippen LogP contribution in [0, 0.1) is 23.2 Å². The van der Waals surface area contributed by atoms with Crippen molar-refractivity contribution in [2.24, 2.45) is 11.8 Å². The van der Waals surface area contributed by atoms with Gasteiger partial charge in [-0.2, -0.15) is 5.26 Å². The molecule has 34 heavy (non-hydrogen) atoms. The van der Waals surface area contributed by atoms with Crippen LogP contribution in [0.15, 0.2) is 24.3 Å². The molecule has 0 spiro atoms. The van der Waals surface area contributed by atoms with Crippen LogP contribution in [0.4, 0.5) is 14.5 Å². The van der Waals surface area contributed by atoms with Gasteiger partial charge in [-0.1, -0.05) is 6.07 Å². The number of nitrogens with one attached hydrogen (secondary N) is 2. The predicted molar refractivity (Wildman–Crippen MR) is 127 cm³/mol. The zero-order valence-corrected chi connectivity index (χ0v) is 20.4. The predicted octanol–water partition coefficient (Wildman–Crippen LogP) is 1.89. The number of hydrogen-bond donors (Lipinski definition) is 2. The maximum Gasteiger partial charge on any atom is 0.255 e. The molecule has 5 unspecified atom stereocenters. The molecule has 5 atom stereocenters. The van der Waals surface area contributed by atoms with Crippen LogP contribution in [0.5, 0.6) is 5.75 Å². The maximum absolute atomic E-state index is 13.2. The molecule has 186 valence electrons. The summed E-state index contributed by atoms with van der Waals surface area (Å²) >= 11 is 1.39. The Bertz CT molecular complexity index is 913. The summed E-state index contributed by atoms with van der Waals surface area (Å²) in [6, 6.07) is 9.21. The standard InChI is InChI=1S/C23H31F2N5O3S/c1-4-30-20-19(22(31)28-13-18(24)25)16(11-26)21(20)34-17(23(30)32)12-27-14-6-5-7-15(10-14)33-9-8-29(2)3/h5-7,10,16-21,27H,4,8-9,12-13H2,1-3H3,(H,28,31). The van der Waals surface area contributed by atoms with Crippen molar-refractivity contribution in [2.45, 2.75) is 29.9 Å². The van der Waals surface area contributed by atoms with E-state index in [1.54, 1.807) is 4.90 Å². The van der Waals surface area contributed by atoms with E-state index in [2.05, 4.69) is 16.7 Å². The van der Waals surface area contributed by atoms with Gasteiger partial charge < -0.3 is 25.2 Å². The van der Waals surface area contributed by atoms with Gasteiger partial charge >= 0.3 is 0 Å². The van der Waals surface area contributed by atoms with Crippen LogP contribution in [0.1, 0.15) is 6.92 Å². The van der Waals surface area contributed by atoms with Crippen molar-refractivity contribution in [3.8, 4) is 11.8 Å². The monoisotopic (exact) mass is 495 g/mol. The molecular weight excluding hydrogens is 464 g/mol. The summed E-state index contributed by atoms with van der Waals surface area (Å²) in [6.45, 7) is 3.14. The number of benzene rings is 1. The molecule has 1 aromatic rings. The number of ether oxygens (including phenoxy) is 1. The highest BCUT2D eigenvalue weighted by molar-refractivity contribution is 8.01. The Morgan fingerprint density at radius 1 is 1.38 bits per heavy atom. The smallest absolute Gasteiger partial charge is 0.255 e. The molecule has 2 amide bonds. The molecule has 1 aliphatic carbocycles. The number of rotatable bonds is 11. The first-order chi connectivity index (χ1) is 16.3. The quantitative estimate of drug-likeness (QED) is 0.484. The van der Waals surface area contributed by atoms with Crippen LogP contribution in [0.25, 0.3) is 0 Å². The molecule has 3 rings (SSSR count). The number of carbonyl (C=O) groups excluding carboxylic acids is 2. The van der Waals surface area contributed by atoms with E-state index in [1.807, 2.05) is 50.2 Å². The summed E-state index contributed by atoms with van der Waals surface area (Å²) in [6.07, 6.45) is -2.67. The number of alkyl halides is 2. The van der Waals surface area contributed by atoms with Crippen LogP contribution >= 0.6 is 11.8 Å². The highest BCUT2D eigenvalue weighted by Crippen LogP contribution is 2.50. The van der Waals surface area contributed by atoms with Gasteiger partial charge in [0.05, 0.1) is 30.5 Å². The van der Waals surface area contributed by atoms with Gasteiger partial charge in [-0.15, -0.1) is 11.8 Å². The zero-order valence-electron chi connectivity index (χ0n) is 19.5. The largest absolute Gasteiger partial charge is 0.492 e. The van der Waals surface area contributed by atoms with Crippen LogP contribution < -0.4 is 15.4 Å². The van der Waals surface area contributed by atoms with Gasteiger partial charge in [0.2, 0.25) is 11.8 Å². The van der Waals surface area contributed by atoms with Gasteiger partial charge in [0, 0.05) is 36.6 Å². The SMILES string of the molecule is CCN1C(=O)C(CNc2cccc(OCCN(C)C)c2)SC2C(C#N)C(C(=O)NCC(F)F)C21. The molecular formula is C23H31F2N5O3S. The van der Waals surface area contributed by atoms with Crippen molar-refractivity contribution in [1.82, 2.24) is 15.1 Å². The van der Waals surface area contributed by atoms with Crippen molar-refractivity contribution in [1.29, 1.82) is 5.26 Å². The Labute approximate surface area is 203 Å². The van der Waals surface area contributed by atoms with Crippen molar-refractivity contribution in [3.05, 3.63) is 24.3 Å². The number of nitrogens with zero attached hydrogens (tertiary/aromatic N) is 3. The molecule has 2 N–H and O–H groups in total. The lowest BCUT2D eigenvalue weighted by atomic mass is 9.67. The number of likely N-dealkylation sites (N-methyl/N-ethyl adjacent to an activating group) is 1. The van der Waals surface area contributed by atoms with Gasteiger partial charge in [-0.05, 0) is 33.2 Å².